The van der Waals surface area contributed by atoms with Crippen molar-refractivity contribution >= 4 is 22.7 Å². The molecule has 0 radical (unpaired) electrons. The van der Waals surface area contributed by atoms with E-state index in [0.717, 1.165) is 32.1 Å². The number of hydrogen-bond acceptors (Lipinski definition) is 7. The van der Waals surface area contributed by atoms with Gasteiger partial charge in [0.05, 0.1) is 16.8 Å². The van der Waals surface area contributed by atoms with Crippen LogP contribution in [0.4, 0.5) is 0 Å². The van der Waals surface area contributed by atoms with Crippen molar-refractivity contribution in [3.63, 3.8) is 0 Å². The Morgan fingerprint density at radius 3 is 2.48 bits per heavy atom. The van der Waals surface area contributed by atoms with Crippen LogP contribution in [0.15, 0.2) is 62.9 Å². The predicted molar refractivity (Wildman–Crippen MR) is 114 cm³/mol. The first kappa shape index (κ1) is 19.4. The Kier molecular flexibility index (Phi) is 5.16. The fourth-order valence-electron chi connectivity index (χ4n) is 4.13. The Hall–Kier alpha value is -3.61. The smallest absolute Gasteiger partial charge is 0.365 e. The molecule has 0 spiro atoms. The summed E-state index contributed by atoms with van der Waals surface area (Å²) in [7, 11) is 0. The Labute approximate surface area is 178 Å². The highest BCUT2D eigenvalue weighted by molar-refractivity contribution is 6.04. The minimum absolute atomic E-state index is 0.0201. The van der Waals surface area contributed by atoms with Gasteiger partial charge < -0.3 is 18.7 Å². The highest BCUT2D eigenvalue weighted by atomic mass is 16.7. The maximum Gasteiger partial charge on any atom is 0.365 e. The average molecular weight is 419 g/mol. The van der Waals surface area contributed by atoms with Crippen molar-refractivity contribution in [1.82, 2.24) is 0 Å². The zero-order chi connectivity index (χ0) is 21.2. The molecule has 0 atom stereocenters. The summed E-state index contributed by atoms with van der Waals surface area (Å²) in [5.41, 5.74) is 1.04. The molecule has 2 aromatic carbocycles. The molecule has 1 aliphatic carbocycles. The molecule has 0 bridgehead atoms. The number of rotatable bonds is 4. The first-order chi connectivity index (χ1) is 15.2. The van der Waals surface area contributed by atoms with Crippen LogP contribution in [-0.4, -0.2) is 18.5 Å². The van der Waals surface area contributed by atoms with E-state index in [4.69, 9.17) is 18.7 Å². The second kappa shape index (κ2) is 8.26. The van der Waals surface area contributed by atoms with Crippen LogP contribution in [-0.2, 0) is 4.84 Å². The van der Waals surface area contributed by atoms with Gasteiger partial charge in [-0.1, -0.05) is 42.6 Å². The fourth-order valence-corrected chi connectivity index (χ4v) is 4.13. The first-order valence-electron chi connectivity index (χ1n) is 10.4. The molecule has 1 fully saturated rings. The van der Waals surface area contributed by atoms with Crippen molar-refractivity contribution < 1.29 is 23.5 Å². The summed E-state index contributed by atoms with van der Waals surface area (Å²) in [4.78, 5) is 30.6. The standard InChI is InChI=1S/C24H21NO6/c26-23(16-9-5-2-6-10-16)31-25-22(15-7-3-1-4-8-15)18-11-17-12-20-21(29-14-28-20)13-19(17)30-24(18)27/h2,5-6,9-13,15H,1,3-4,7-8,14H2/b25-22+. The Bertz CT molecular complexity index is 1210. The van der Waals surface area contributed by atoms with E-state index in [-0.39, 0.29) is 12.7 Å². The topological polar surface area (TPSA) is 87.3 Å². The molecule has 0 unspecified atom stereocenters. The molecule has 5 rings (SSSR count). The molecule has 2 aliphatic rings. The van der Waals surface area contributed by atoms with E-state index >= 15 is 0 Å². The van der Waals surface area contributed by atoms with Crippen LogP contribution in [0.5, 0.6) is 11.5 Å². The number of hydrogen-bond donors (Lipinski definition) is 0. The summed E-state index contributed by atoms with van der Waals surface area (Å²) >= 11 is 0. The fraction of sp³-hybridized carbons (Fsp3) is 0.292. The van der Waals surface area contributed by atoms with Gasteiger partial charge in [-0.2, -0.15) is 0 Å². The van der Waals surface area contributed by atoms with Gasteiger partial charge in [-0.05, 0) is 37.1 Å². The zero-order valence-corrected chi connectivity index (χ0v) is 16.8. The van der Waals surface area contributed by atoms with Crippen LogP contribution < -0.4 is 15.1 Å². The number of carbonyl (C=O) groups is 1. The average Bonchev–Trinajstić information content (AvgIpc) is 3.26. The van der Waals surface area contributed by atoms with Gasteiger partial charge in [-0.25, -0.2) is 9.59 Å². The lowest BCUT2D eigenvalue weighted by Crippen LogP contribution is -2.25. The van der Waals surface area contributed by atoms with E-state index < -0.39 is 11.6 Å². The quantitative estimate of drug-likeness (QED) is 0.264. The van der Waals surface area contributed by atoms with Crippen molar-refractivity contribution in [3.05, 3.63) is 70.1 Å². The molecule has 7 nitrogen and oxygen atoms in total. The second-order valence-corrected chi connectivity index (χ2v) is 7.75. The SMILES string of the molecule is O=C(O/N=C(/c1cc2cc3c(cc2oc1=O)OCO3)C1CCCCC1)c1ccccc1. The van der Waals surface area contributed by atoms with Gasteiger partial charge in [0.25, 0.3) is 0 Å². The molecule has 0 N–H and O–H groups in total. The number of nitrogens with zero attached hydrogens (tertiary/aromatic N) is 1. The first-order valence-corrected chi connectivity index (χ1v) is 10.4. The summed E-state index contributed by atoms with van der Waals surface area (Å²) in [6.07, 6.45) is 4.96. The molecule has 1 aromatic heterocycles. The van der Waals surface area contributed by atoms with Crippen LogP contribution in [0.3, 0.4) is 0 Å². The second-order valence-electron chi connectivity index (χ2n) is 7.75. The molecule has 7 heteroatoms. The lowest BCUT2D eigenvalue weighted by Gasteiger charge is -2.22. The zero-order valence-electron chi connectivity index (χ0n) is 16.8. The monoisotopic (exact) mass is 419 g/mol. The van der Waals surface area contributed by atoms with Gasteiger partial charge in [0.1, 0.15) is 5.58 Å². The van der Waals surface area contributed by atoms with Gasteiger partial charge in [0, 0.05) is 17.4 Å². The molecule has 1 saturated carbocycles. The van der Waals surface area contributed by atoms with E-state index in [2.05, 4.69) is 5.16 Å². The molecular weight excluding hydrogens is 398 g/mol. The van der Waals surface area contributed by atoms with Crippen molar-refractivity contribution in [2.45, 2.75) is 32.1 Å². The lowest BCUT2D eigenvalue weighted by molar-refractivity contribution is 0.0513. The number of oxime groups is 1. The van der Waals surface area contributed by atoms with Gasteiger partial charge in [-0.3, -0.25) is 0 Å². The minimum atomic E-state index is -0.567. The summed E-state index contributed by atoms with van der Waals surface area (Å²) < 4.78 is 16.4. The molecule has 158 valence electrons. The summed E-state index contributed by atoms with van der Waals surface area (Å²) in [6.45, 7) is 0.132. The molecule has 0 amide bonds. The third kappa shape index (κ3) is 3.91. The van der Waals surface area contributed by atoms with Crippen LogP contribution in [0.1, 0.15) is 48.0 Å². The molecule has 0 saturated heterocycles. The maximum atomic E-state index is 12.9. The van der Waals surface area contributed by atoms with Crippen molar-refractivity contribution in [1.29, 1.82) is 0 Å². The Balaban J connectivity index is 1.55. The van der Waals surface area contributed by atoms with E-state index in [9.17, 15) is 9.59 Å². The van der Waals surface area contributed by atoms with Gasteiger partial charge in [-0.15, -0.1) is 0 Å². The van der Waals surface area contributed by atoms with Crippen molar-refractivity contribution in [3.8, 4) is 11.5 Å². The van der Waals surface area contributed by atoms with Gasteiger partial charge >= 0.3 is 11.6 Å². The van der Waals surface area contributed by atoms with Crippen molar-refractivity contribution in [2.75, 3.05) is 6.79 Å². The molecule has 1 aliphatic heterocycles. The van der Waals surface area contributed by atoms with Crippen LogP contribution >= 0.6 is 0 Å². The lowest BCUT2D eigenvalue weighted by atomic mass is 9.83. The van der Waals surface area contributed by atoms with Crippen LogP contribution in [0.2, 0.25) is 0 Å². The van der Waals surface area contributed by atoms with Crippen LogP contribution in [0, 0.1) is 5.92 Å². The third-order valence-corrected chi connectivity index (χ3v) is 5.73. The number of ether oxygens (including phenoxy) is 2. The Morgan fingerprint density at radius 2 is 1.71 bits per heavy atom. The maximum absolute atomic E-state index is 12.9. The van der Waals surface area contributed by atoms with E-state index in [1.807, 2.05) is 6.07 Å². The predicted octanol–water partition coefficient (Wildman–Crippen LogP) is 4.66. The molecule has 31 heavy (non-hydrogen) atoms. The van der Waals surface area contributed by atoms with Gasteiger partial charge in [0.2, 0.25) is 6.79 Å². The summed E-state index contributed by atoms with van der Waals surface area (Å²) in [5, 5.41) is 4.88. The molecule has 3 aromatic rings. The number of carbonyl (C=O) groups excluding carboxylic acids is 1. The normalized spacial score (nSPS) is 16.5. The third-order valence-electron chi connectivity index (χ3n) is 5.73. The number of benzene rings is 2. The molecule has 2 heterocycles. The number of fused-ring (bicyclic) bond motifs is 2. The Morgan fingerprint density at radius 1 is 0.968 bits per heavy atom. The van der Waals surface area contributed by atoms with Crippen molar-refractivity contribution in [2.24, 2.45) is 11.1 Å². The highest BCUT2D eigenvalue weighted by Crippen LogP contribution is 2.36. The van der Waals surface area contributed by atoms with Crippen LogP contribution in [0.25, 0.3) is 11.0 Å². The minimum Gasteiger partial charge on any atom is -0.454 e. The molecular formula is C24H21NO6. The largest absolute Gasteiger partial charge is 0.454 e. The van der Waals surface area contributed by atoms with E-state index in [1.54, 1.807) is 42.5 Å². The highest BCUT2D eigenvalue weighted by Gasteiger charge is 2.26. The van der Waals surface area contributed by atoms with E-state index in [1.165, 1.54) is 0 Å². The summed E-state index contributed by atoms with van der Waals surface area (Å²) in [5.74, 6) is 0.592. The van der Waals surface area contributed by atoms with Gasteiger partial charge in [0.15, 0.2) is 11.5 Å². The summed E-state index contributed by atoms with van der Waals surface area (Å²) in [6, 6.07) is 13.8. The van der Waals surface area contributed by atoms with E-state index in [0.29, 0.717) is 39.3 Å².